The van der Waals surface area contributed by atoms with Crippen molar-refractivity contribution < 1.29 is 45.7 Å². The number of carbonyl (C=O) groups is 1. The van der Waals surface area contributed by atoms with Crippen molar-refractivity contribution in [1.29, 1.82) is 0 Å². The van der Waals surface area contributed by atoms with E-state index in [2.05, 4.69) is 6.58 Å². The third kappa shape index (κ3) is 3.26. The summed E-state index contributed by atoms with van der Waals surface area (Å²) in [6.07, 6.45) is -12.0. The van der Waals surface area contributed by atoms with Gasteiger partial charge in [0, 0.05) is 6.08 Å². The molecule has 140 valence electrons. The van der Waals surface area contributed by atoms with Gasteiger partial charge in [0.1, 0.15) is 17.3 Å². The van der Waals surface area contributed by atoms with E-state index in [0.717, 1.165) is 6.08 Å². The zero-order chi connectivity index (χ0) is 19.2. The molecule has 1 aliphatic rings. The molecule has 1 fully saturated rings. The molecule has 0 amide bonds. The predicted molar refractivity (Wildman–Crippen MR) is 69.9 cm³/mol. The van der Waals surface area contributed by atoms with Gasteiger partial charge in [-0.05, 0) is 33.6 Å². The molecule has 10 heteroatoms. The smallest absolute Gasteiger partial charge is 0.429 e. The van der Waals surface area contributed by atoms with Crippen LogP contribution in [-0.2, 0) is 14.3 Å². The van der Waals surface area contributed by atoms with Crippen molar-refractivity contribution in [3.05, 3.63) is 12.7 Å². The molecule has 0 bridgehead atoms. The summed E-state index contributed by atoms with van der Waals surface area (Å²) in [5.41, 5.74) is -9.79. The van der Waals surface area contributed by atoms with Crippen LogP contribution in [0, 0.1) is 0 Å². The average Bonchev–Trinajstić information content (AvgIpc) is 2.39. The van der Waals surface area contributed by atoms with Crippen LogP contribution in [0.2, 0.25) is 0 Å². The minimum absolute atomic E-state index is 0.0529. The number of ether oxygens (including phenoxy) is 2. The third-order valence-corrected chi connectivity index (χ3v) is 4.19. The number of halogens is 6. The van der Waals surface area contributed by atoms with Crippen molar-refractivity contribution in [2.75, 3.05) is 0 Å². The molecular formula is C14H18F6O4. The fraction of sp³-hybridized carbons (Fsp3) is 0.786. The fourth-order valence-corrected chi connectivity index (χ4v) is 2.66. The quantitative estimate of drug-likeness (QED) is 0.462. The molecule has 1 rings (SSSR count). The highest BCUT2D eigenvalue weighted by molar-refractivity contribution is 5.81. The van der Waals surface area contributed by atoms with E-state index in [4.69, 9.17) is 9.47 Å². The van der Waals surface area contributed by atoms with E-state index in [1.54, 1.807) is 0 Å². The Morgan fingerprint density at radius 2 is 1.67 bits per heavy atom. The second kappa shape index (κ2) is 5.91. The molecule has 1 saturated carbocycles. The molecule has 2 unspecified atom stereocenters. The van der Waals surface area contributed by atoms with Crippen LogP contribution in [0.4, 0.5) is 26.3 Å². The molecule has 24 heavy (non-hydrogen) atoms. The Labute approximate surface area is 134 Å². The summed E-state index contributed by atoms with van der Waals surface area (Å²) in [5, 5.41) is 9.51. The Hall–Kier alpha value is -1.29. The Kier molecular flexibility index (Phi) is 5.11. The highest BCUT2D eigenvalue weighted by Crippen LogP contribution is 2.53. The Bertz CT molecular complexity index is 496. The average molecular weight is 364 g/mol. The molecule has 0 aliphatic heterocycles. The molecule has 1 aliphatic carbocycles. The van der Waals surface area contributed by atoms with E-state index >= 15 is 0 Å². The van der Waals surface area contributed by atoms with Gasteiger partial charge in [-0.25, -0.2) is 4.79 Å². The van der Waals surface area contributed by atoms with Crippen molar-refractivity contribution in [2.45, 2.75) is 68.9 Å². The largest absolute Gasteiger partial charge is 0.456 e. The molecule has 0 aromatic rings. The maximum atomic E-state index is 13.0. The summed E-state index contributed by atoms with van der Waals surface area (Å²) in [7, 11) is 0. The lowest BCUT2D eigenvalue weighted by Crippen LogP contribution is -2.72. The Balaban J connectivity index is 3.14. The summed E-state index contributed by atoms with van der Waals surface area (Å²) >= 11 is 0. The number of hydrogen-bond donors (Lipinski definition) is 1. The van der Waals surface area contributed by atoms with Gasteiger partial charge in [-0.1, -0.05) is 6.58 Å². The van der Waals surface area contributed by atoms with E-state index in [9.17, 15) is 36.2 Å². The van der Waals surface area contributed by atoms with E-state index in [1.807, 2.05) is 0 Å². The molecule has 1 N–H and O–H groups in total. The van der Waals surface area contributed by atoms with Gasteiger partial charge in [0.25, 0.3) is 5.60 Å². The van der Waals surface area contributed by atoms with Gasteiger partial charge in [-0.3, -0.25) is 0 Å². The van der Waals surface area contributed by atoms with Crippen LogP contribution in [0.25, 0.3) is 0 Å². The van der Waals surface area contributed by atoms with Gasteiger partial charge in [0.15, 0.2) is 0 Å². The lowest BCUT2D eigenvalue weighted by atomic mass is 9.75. The predicted octanol–water partition coefficient (Wildman–Crippen LogP) is 3.29. The van der Waals surface area contributed by atoms with Crippen LogP contribution in [-0.4, -0.2) is 46.3 Å². The highest BCUT2D eigenvalue weighted by Gasteiger charge is 2.78. The van der Waals surface area contributed by atoms with Crippen molar-refractivity contribution in [1.82, 2.24) is 0 Å². The molecule has 2 atom stereocenters. The van der Waals surface area contributed by atoms with Gasteiger partial charge in [0.05, 0.1) is 0 Å². The first-order valence-corrected chi connectivity index (χ1v) is 6.91. The number of rotatable bonds is 5. The molecular weight excluding hydrogens is 346 g/mol. The number of esters is 1. The van der Waals surface area contributed by atoms with Crippen molar-refractivity contribution in [3.63, 3.8) is 0 Å². The summed E-state index contributed by atoms with van der Waals surface area (Å²) < 4.78 is 87.9. The van der Waals surface area contributed by atoms with Gasteiger partial charge >= 0.3 is 18.3 Å². The Morgan fingerprint density at radius 1 is 1.21 bits per heavy atom. The monoisotopic (exact) mass is 364 g/mol. The zero-order valence-electron chi connectivity index (χ0n) is 13.2. The van der Waals surface area contributed by atoms with Crippen LogP contribution in [0.1, 0.15) is 33.6 Å². The fourth-order valence-electron chi connectivity index (χ4n) is 2.66. The number of hydrogen-bond acceptors (Lipinski definition) is 4. The van der Waals surface area contributed by atoms with Gasteiger partial charge in [-0.2, -0.15) is 26.3 Å². The standard InChI is InChI=1S/C14H18F6O4/c1-5-9(21)23-8-6-7-11(8,4)24-10(2,3)12(22,13(15,16)17)14(18,19)20/h5,8,22H,1,6-7H2,2-4H3. The Morgan fingerprint density at radius 3 is 1.96 bits per heavy atom. The van der Waals surface area contributed by atoms with E-state index in [-0.39, 0.29) is 12.8 Å². The van der Waals surface area contributed by atoms with Gasteiger partial charge in [0.2, 0.25) is 0 Å². The summed E-state index contributed by atoms with van der Waals surface area (Å²) in [4.78, 5) is 11.2. The third-order valence-electron chi connectivity index (χ3n) is 4.19. The molecule has 0 aromatic heterocycles. The molecule has 4 nitrogen and oxygen atoms in total. The van der Waals surface area contributed by atoms with E-state index < -0.39 is 41.2 Å². The topological polar surface area (TPSA) is 55.8 Å². The van der Waals surface area contributed by atoms with Crippen LogP contribution in [0.5, 0.6) is 0 Å². The second-order valence-electron chi connectivity index (χ2n) is 6.30. The van der Waals surface area contributed by atoms with Crippen LogP contribution in [0.3, 0.4) is 0 Å². The maximum absolute atomic E-state index is 13.0. The lowest BCUT2D eigenvalue weighted by Gasteiger charge is -2.53. The number of alkyl halides is 6. The van der Waals surface area contributed by atoms with Crippen LogP contribution in [0.15, 0.2) is 12.7 Å². The minimum atomic E-state index is -6.03. The first kappa shape index (κ1) is 20.8. The number of aliphatic hydroxyl groups is 1. The van der Waals surface area contributed by atoms with Crippen LogP contribution < -0.4 is 0 Å². The van der Waals surface area contributed by atoms with Crippen LogP contribution >= 0.6 is 0 Å². The lowest BCUT2D eigenvalue weighted by molar-refractivity contribution is -0.426. The minimum Gasteiger partial charge on any atom is -0.456 e. The zero-order valence-corrected chi connectivity index (χ0v) is 13.2. The molecule has 0 spiro atoms. The number of carbonyl (C=O) groups excluding carboxylic acids is 1. The summed E-state index contributed by atoms with van der Waals surface area (Å²) in [6.45, 7) is 5.34. The van der Waals surface area contributed by atoms with Crippen molar-refractivity contribution in [3.8, 4) is 0 Å². The van der Waals surface area contributed by atoms with Gasteiger partial charge in [-0.15, -0.1) is 0 Å². The van der Waals surface area contributed by atoms with Crippen molar-refractivity contribution >= 4 is 5.97 Å². The molecule has 0 aromatic carbocycles. The summed E-state index contributed by atoms with van der Waals surface area (Å²) in [5.74, 6) is -0.880. The highest BCUT2D eigenvalue weighted by atomic mass is 19.4. The van der Waals surface area contributed by atoms with Crippen molar-refractivity contribution in [2.24, 2.45) is 0 Å². The SMILES string of the molecule is C=CC(=O)OC1CCC1(C)OC(C)(C)C(O)(C(F)(F)F)C(F)(F)F. The second-order valence-corrected chi connectivity index (χ2v) is 6.30. The molecule has 0 radical (unpaired) electrons. The summed E-state index contributed by atoms with van der Waals surface area (Å²) in [6, 6.07) is 0. The molecule has 0 saturated heterocycles. The van der Waals surface area contributed by atoms with Gasteiger partial charge < -0.3 is 14.6 Å². The maximum Gasteiger partial charge on any atom is 0.429 e. The first-order valence-electron chi connectivity index (χ1n) is 6.91. The van der Waals surface area contributed by atoms with E-state index in [1.165, 1.54) is 6.92 Å². The normalized spacial score (nSPS) is 25.8. The first-order chi connectivity index (χ1) is 10.5. The van der Waals surface area contributed by atoms with E-state index in [0.29, 0.717) is 13.8 Å². The molecule has 0 heterocycles.